The van der Waals surface area contributed by atoms with Crippen molar-refractivity contribution in [2.45, 2.75) is 25.7 Å². The van der Waals surface area contributed by atoms with Gasteiger partial charge in [0.15, 0.2) is 5.84 Å². The third-order valence-corrected chi connectivity index (χ3v) is 6.79. The zero-order valence-corrected chi connectivity index (χ0v) is 18.7. The van der Waals surface area contributed by atoms with Gasteiger partial charge in [-0.15, -0.1) is 4.40 Å². The van der Waals surface area contributed by atoms with Gasteiger partial charge in [0.1, 0.15) is 5.75 Å². The monoisotopic (exact) mass is 472 g/mol. The molecule has 150 valence electrons. The summed E-state index contributed by atoms with van der Waals surface area (Å²) in [5.41, 5.74) is 3.79. The summed E-state index contributed by atoms with van der Waals surface area (Å²) in [6.07, 6.45) is 0. The van der Waals surface area contributed by atoms with Gasteiger partial charge in [-0.1, -0.05) is 48.0 Å². The van der Waals surface area contributed by atoms with E-state index in [1.165, 1.54) is 0 Å². The minimum absolute atomic E-state index is 0.121. The molecule has 0 saturated heterocycles. The van der Waals surface area contributed by atoms with Crippen LogP contribution >= 0.6 is 15.9 Å². The topological polar surface area (TPSA) is 78.8 Å². The van der Waals surface area contributed by atoms with Crippen molar-refractivity contribution in [3.8, 4) is 5.75 Å². The van der Waals surface area contributed by atoms with Crippen molar-refractivity contribution in [1.82, 2.24) is 0 Å². The summed E-state index contributed by atoms with van der Waals surface area (Å²) in [7, 11) is -3.92. The number of sulfonamides is 1. The maximum absolute atomic E-state index is 12.9. The van der Waals surface area contributed by atoms with Crippen molar-refractivity contribution in [3.63, 3.8) is 0 Å². The normalized spacial score (nSPS) is 12.1. The first-order valence-electron chi connectivity index (χ1n) is 8.92. The highest BCUT2D eigenvalue weighted by Crippen LogP contribution is 2.35. The molecule has 0 aliphatic rings. The summed E-state index contributed by atoms with van der Waals surface area (Å²) in [6, 6.07) is 17.2. The molecule has 0 unspecified atom stereocenters. The van der Waals surface area contributed by atoms with Gasteiger partial charge >= 0.3 is 0 Å². The summed E-state index contributed by atoms with van der Waals surface area (Å²) in [6.45, 7) is 5.56. The van der Waals surface area contributed by atoms with E-state index in [0.29, 0.717) is 15.7 Å². The van der Waals surface area contributed by atoms with E-state index in [1.807, 2.05) is 39.0 Å². The summed E-state index contributed by atoms with van der Waals surface area (Å²) in [4.78, 5) is 0.124. The minimum atomic E-state index is -3.92. The number of nitrogens with zero attached hydrogens (tertiary/aromatic N) is 1. The van der Waals surface area contributed by atoms with E-state index >= 15 is 0 Å². The number of hydrogen-bond donors (Lipinski definition) is 2. The Morgan fingerprint density at radius 3 is 2.24 bits per heavy atom. The molecule has 0 bridgehead atoms. The van der Waals surface area contributed by atoms with Crippen molar-refractivity contribution in [3.05, 3.63) is 87.4 Å². The number of aryl methyl sites for hydroxylation is 2. The Balaban J connectivity index is 2.14. The first-order chi connectivity index (χ1) is 13.7. The molecule has 0 atom stereocenters. The van der Waals surface area contributed by atoms with Crippen LogP contribution in [0.15, 0.2) is 74.4 Å². The molecule has 5 nitrogen and oxygen atoms in total. The molecule has 29 heavy (non-hydrogen) atoms. The van der Waals surface area contributed by atoms with Crippen LogP contribution in [0.25, 0.3) is 0 Å². The van der Waals surface area contributed by atoms with Gasteiger partial charge in [0.2, 0.25) is 0 Å². The number of phenolic OH excluding ortho intramolecular Hbond substituents is 1. The number of aromatic hydroxyl groups is 1. The van der Waals surface area contributed by atoms with Crippen LogP contribution in [-0.2, 0) is 10.0 Å². The van der Waals surface area contributed by atoms with E-state index in [2.05, 4.69) is 25.6 Å². The average Bonchev–Trinajstić information content (AvgIpc) is 2.69. The van der Waals surface area contributed by atoms with E-state index in [4.69, 9.17) is 0 Å². The Morgan fingerprint density at radius 2 is 1.62 bits per heavy atom. The van der Waals surface area contributed by atoms with Crippen LogP contribution in [0.4, 0.5) is 5.69 Å². The molecular formula is C22H21BrN2O3S. The predicted octanol–water partition coefficient (Wildman–Crippen LogP) is 5.33. The van der Waals surface area contributed by atoms with Gasteiger partial charge in [-0.2, -0.15) is 8.42 Å². The molecular weight excluding hydrogens is 452 g/mol. The number of phenols is 1. The lowest BCUT2D eigenvalue weighted by molar-refractivity contribution is 0.471. The second kappa shape index (κ2) is 8.39. The average molecular weight is 473 g/mol. The van der Waals surface area contributed by atoms with Gasteiger partial charge in [0.05, 0.1) is 9.37 Å². The lowest BCUT2D eigenvalue weighted by Crippen LogP contribution is -2.18. The summed E-state index contributed by atoms with van der Waals surface area (Å²) in [5, 5.41) is 13.2. The van der Waals surface area contributed by atoms with Gasteiger partial charge < -0.3 is 10.4 Å². The Labute approximate surface area is 179 Å². The van der Waals surface area contributed by atoms with Crippen LogP contribution in [0, 0.1) is 20.8 Å². The Bertz CT molecular complexity index is 1170. The van der Waals surface area contributed by atoms with Crippen molar-refractivity contribution >= 4 is 37.5 Å². The quantitative estimate of drug-likeness (QED) is 0.305. The SMILES string of the molecule is Cc1ccc(S(=O)(=O)N=C(Nc2c(C)cc(O)c(Br)c2C)c2ccccc2)cc1. The molecule has 7 heteroatoms. The highest BCUT2D eigenvalue weighted by molar-refractivity contribution is 9.10. The molecule has 3 rings (SSSR count). The molecule has 0 heterocycles. The van der Waals surface area contributed by atoms with Crippen LogP contribution in [0.5, 0.6) is 5.75 Å². The zero-order chi connectivity index (χ0) is 21.2. The smallest absolute Gasteiger partial charge is 0.284 e. The first kappa shape index (κ1) is 21.1. The van der Waals surface area contributed by atoms with Gasteiger partial charge in [0, 0.05) is 11.3 Å². The molecule has 3 aromatic carbocycles. The highest BCUT2D eigenvalue weighted by Gasteiger charge is 2.18. The van der Waals surface area contributed by atoms with E-state index in [1.54, 1.807) is 42.5 Å². The van der Waals surface area contributed by atoms with Crippen molar-refractivity contribution < 1.29 is 13.5 Å². The Hall–Kier alpha value is -2.64. The van der Waals surface area contributed by atoms with Crippen molar-refractivity contribution in [2.24, 2.45) is 4.40 Å². The molecule has 0 spiro atoms. The van der Waals surface area contributed by atoms with Crippen LogP contribution in [0.3, 0.4) is 0 Å². The van der Waals surface area contributed by atoms with E-state index in [9.17, 15) is 13.5 Å². The molecule has 2 N–H and O–H groups in total. The fraction of sp³-hybridized carbons (Fsp3) is 0.136. The number of anilines is 1. The lowest BCUT2D eigenvalue weighted by Gasteiger charge is -2.17. The maximum Gasteiger partial charge on any atom is 0.284 e. The fourth-order valence-electron chi connectivity index (χ4n) is 2.88. The van der Waals surface area contributed by atoms with Gasteiger partial charge in [0.25, 0.3) is 10.0 Å². The Kier molecular flexibility index (Phi) is 6.10. The molecule has 0 aromatic heterocycles. The molecule has 3 aromatic rings. The third kappa shape index (κ3) is 4.68. The number of benzene rings is 3. The molecule has 0 radical (unpaired) electrons. The largest absolute Gasteiger partial charge is 0.507 e. The molecule has 0 aliphatic carbocycles. The summed E-state index contributed by atoms with van der Waals surface area (Å²) in [5.74, 6) is 0.325. The lowest BCUT2D eigenvalue weighted by atomic mass is 10.1. The van der Waals surface area contributed by atoms with E-state index in [-0.39, 0.29) is 16.5 Å². The van der Waals surface area contributed by atoms with E-state index in [0.717, 1.165) is 16.7 Å². The third-order valence-electron chi connectivity index (χ3n) is 4.50. The number of amidine groups is 1. The van der Waals surface area contributed by atoms with Crippen LogP contribution < -0.4 is 5.32 Å². The van der Waals surface area contributed by atoms with Crippen LogP contribution in [0.1, 0.15) is 22.3 Å². The molecule has 0 amide bonds. The number of nitrogens with one attached hydrogen (secondary N) is 1. The van der Waals surface area contributed by atoms with Crippen molar-refractivity contribution in [2.75, 3.05) is 5.32 Å². The Morgan fingerprint density at radius 1 is 1.00 bits per heavy atom. The summed E-state index contributed by atoms with van der Waals surface area (Å²) < 4.78 is 30.5. The number of halogens is 1. The van der Waals surface area contributed by atoms with Crippen LogP contribution in [0.2, 0.25) is 0 Å². The van der Waals surface area contributed by atoms with Gasteiger partial charge in [-0.05, 0) is 66.0 Å². The number of rotatable bonds is 4. The highest BCUT2D eigenvalue weighted by atomic mass is 79.9. The standard InChI is InChI=1S/C22H21BrN2O3S/c1-14-9-11-18(12-10-14)29(27,28)25-22(17-7-5-4-6-8-17)24-21-15(2)13-19(26)20(23)16(21)3/h4-13,26H,1-3H3,(H,24,25). The fourth-order valence-corrected chi connectivity index (χ4v) is 4.17. The number of hydrogen-bond acceptors (Lipinski definition) is 3. The van der Waals surface area contributed by atoms with Crippen molar-refractivity contribution in [1.29, 1.82) is 0 Å². The zero-order valence-electron chi connectivity index (χ0n) is 16.3. The van der Waals surface area contributed by atoms with Gasteiger partial charge in [-0.3, -0.25) is 0 Å². The minimum Gasteiger partial charge on any atom is -0.507 e. The molecule has 0 aliphatic heterocycles. The maximum atomic E-state index is 12.9. The molecule has 0 fully saturated rings. The summed E-state index contributed by atoms with van der Waals surface area (Å²) >= 11 is 3.37. The second-order valence-corrected chi connectivity index (χ2v) is 9.14. The second-order valence-electron chi connectivity index (χ2n) is 6.75. The first-order valence-corrected chi connectivity index (χ1v) is 11.1. The van der Waals surface area contributed by atoms with Gasteiger partial charge in [-0.25, -0.2) is 0 Å². The van der Waals surface area contributed by atoms with E-state index < -0.39 is 10.0 Å². The molecule has 0 saturated carbocycles. The van der Waals surface area contributed by atoms with Crippen LogP contribution in [-0.4, -0.2) is 19.4 Å². The predicted molar refractivity (Wildman–Crippen MR) is 120 cm³/mol.